The maximum Gasteiger partial charge on any atom is 0.0657 e. The van der Waals surface area contributed by atoms with Gasteiger partial charge in [0.15, 0.2) is 0 Å². The van der Waals surface area contributed by atoms with E-state index in [9.17, 15) is 10.2 Å². The molecule has 16 heavy (non-hydrogen) atoms. The maximum absolute atomic E-state index is 9.17. The van der Waals surface area contributed by atoms with E-state index in [1.807, 2.05) is 0 Å². The van der Waals surface area contributed by atoms with E-state index >= 15 is 0 Å². The van der Waals surface area contributed by atoms with E-state index in [0.29, 0.717) is 7.85 Å². The normalized spacial score (nSPS) is 39.8. The quantitative estimate of drug-likeness (QED) is 0.437. The Bertz CT molecular complexity index is 150. The van der Waals surface area contributed by atoms with Crippen molar-refractivity contribution in [2.45, 2.75) is 71.4 Å². The monoisotopic (exact) mass is 452 g/mol. The molecule has 2 rings (SSSR count). The van der Waals surface area contributed by atoms with Crippen molar-refractivity contribution in [1.82, 2.24) is 0 Å². The van der Waals surface area contributed by atoms with E-state index in [1.54, 1.807) is 0 Å². The van der Waals surface area contributed by atoms with Crippen molar-refractivity contribution in [2.24, 2.45) is 0 Å². The lowest BCUT2D eigenvalue weighted by atomic mass is 9.98. The minimum absolute atomic E-state index is 0.00986. The Labute approximate surface area is 126 Å². The smallest absolute Gasteiger partial charge is 0.0657 e. The summed E-state index contributed by atoms with van der Waals surface area (Å²) in [6.07, 6.45) is 9.51. The minimum Gasteiger partial charge on any atom is -0.392 e. The Kier molecular flexibility index (Phi) is 8.18. The zero-order chi connectivity index (χ0) is 12.0. The lowest BCUT2D eigenvalue weighted by Gasteiger charge is -2.21. The first kappa shape index (κ1) is 15.4. The Morgan fingerprint density at radius 1 is 0.625 bits per heavy atom. The molecule has 0 radical (unpaired) electrons. The van der Waals surface area contributed by atoms with Crippen LogP contribution in [0.5, 0.6) is 0 Å². The van der Waals surface area contributed by atoms with Gasteiger partial charge in [-0.3, -0.25) is 0 Å². The lowest BCUT2D eigenvalue weighted by molar-refractivity contribution is 0.142. The van der Waals surface area contributed by atoms with Crippen molar-refractivity contribution in [2.75, 3.05) is 0 Å². The van der Waals surface area contributed by atoms with Crippen molar-refractivity contribution in [1.29, 1.82) is 0 Å². The van der Waals surface area contributed by atoms with Gasteiger partial charge >= 0.3 is 0 Å². The van der Waals surface area contributed by atoms with Gasteiger partial charge in [0.2, 0.25) is 0 Å². The number of aliphatic hydroxyl groups excluding tert-OH is 2. The molecule has 0 spiro atoms. The number of aliphatic hydroxyl groups is 2. The number of hydrogen-bond donors (Lipinski definition) is 2. The van der Waals surface area contributed by atoms with Gasteiger partial charge in [0.25, 0.3) is 0 Å². The second kappa shape index (κ2) is 8.48. The molecule has 0 bridgehead atoms. The molecule has 0 aromatic carbocycles. The minimum atomic E-state index is -0.00986. The summed E-state index contributed by atoms with van der Waals surface area (Å²) in [6, 6.07) is 0. The zero-order valence-electron chi connectivity index (χ0n) is 9.62. The number of rotatable bonds is 0. The first-order valence-corrected chi connectivity index (χ1v) is 8.74. The first-order chi connectivity index (χ1) is 7.61. The van der Waals surface area contributed by atoms with E-state index in [2.05, 4.69) is 45.2 Å². The molecule has 96 valence electrons. The van der Waals surface area contributed by atoms with Crippen LogP contribution < -0.4 is 0 Å². The van der Waals surface area contributed by atoms with Crippen molar-refractivity contribution in [3.63, 3.8) is 0 Å². The molecule has 2 N–H and O–H groups in total. The molecule has 0 amide bonds. The van der Waals surface area contributed by atoms with Crippen LogP contribution in [0.1, 0.15) is 51.4 Å². The topological polar surface area (TPSA) is 40.5 Å². The van der Waals surface area contributed by atoms with Crippen LogP contribution >= 0.6 is 45.2 Å². The molecule has 2 aliphatic carbocycles. The van der Waals surface area contributed by atoms with Crippen LogP contribution in [0.4, 0.5) is 0 Å². The third-order valence-corrected chi connectivity index (χ3v) is 6.20. The predicted octanol–water partition coefficient (Wildman–Crippen LogP) is 3.45. The van der Waals surface area contributed by atoms with Crippen LogP contribution in [0.15, 0.2) is 0 Å². The molecule has 0 unspecified atom stereocenters. The van der Waals surface area contributed by atoms with Gasteiger partial charge in [-0.1, -0.05) is 70.9 Å². The third kappa shape index (κ3) is 5.82. The Hall–Kier alpha value is 1.38. The van der Waals surface area contributed by atoms with E-state index in [0.717, 1.165) is 12.8 Å². The average molecular weight is 452 g/mol. The van der Waals surface area contributed by atoms with Gasteiger partial charge in [-0.25, -0.2) is 0 Å². The molecular formula is C12H22I2O2. The molecule has 2 nitrogen and oxygen atoms in total. The van der Waals surface area contributed by atoms with E-state index < -0.39 is 0 Å². The summed E-state index contributed by atoms with van der Waals surface area (Å²) < 4.78 is 1.06. The molecule has 2 saturated carbocycles. The van der Waals surface area contributed by atoms with Crippen LogP contribution in [0.25, 0.3) is 0 Å². The number of halogens is 2. The summed E-state index contributed by atoms with van der Waals surface area (Å²) in [4.78, 5) is 0. The molecule has 0 saturated heterocycles. The third-order valence-electron chi connectivity index (χ3n) is 3.29. The van der Waals surface area contributed by atoms with E-state index in [-0.39, 0.29) is 12.2 Å². The standard InChI is InChI=1S/2C6H11IO/c2*7-5-3-1-2-4-6(5)8/h2*5-6,8H,1-4H2/t2*5-,6-/m10/s1. The molecule has 0 aromatic rings. The molecule has 4 atom stereocenters. The Balaban J connectivity index is 0.000000160. The molecule has 0 aliphatic heterocycles. The van der Waals surface area contributed by atoms with Crippen LogP contribution in [-0.2, 0) is 0 Å². The summed E-state index contributed by atoms with van der Waals surface area (Å²) in [5.41, 5.74) is 0. The SMILES string of the molecule is O[C@@H]1CCCC[C@H]1I.O[C@H]1CCCC[C@@H]1I. The molecule has 2 fully saturated rings. The van der Waals surface area contributed by atoms with E-state index in [4.69, 9.17) is 0 Å². The highest BCUT2D eigenvalue weighted by Gasteiger charge is 2.19. The fourth-order valence-electron chi connectivity index (χ4n) is 2.13. The number of hydrogen-bond acceptors (Lipinski definition) is 2. The summed E-state index contributed by atoms with van der Waals surface area (Å²) >= 11 is 4.67. The average Bonchev–Trinajstić information content (AvgIpc) is 2.28. The van der Waals surface area contributed by atoms with Gasteiger partial charge in [0, 0.05) is 7.85 Å². The van der Waals surface area contributed by atoms with Gasteiger partial charge in [0.1, 0.15) is 0 Å². The molecule has 2 aliphatic rings. The van der Waals surface area contributed by atoms with Gasteiger partial charge in [0.05, 0.1) is 12.2 Å². The highest BCUT2D eigenvalue weighted by Crippen LogP contribution is 2.24. The maximum atomic E-state index is 9.17. The summed E-state index contributed by atoms with van der Waals surface area (Å²) in [6.45, 7) is 0. The molecule has 0 aromatic heterocycles. The second-order valence-corrected chi connectivity index (χ2v) is 7.94. The van der Waals surface area contributed by atoms with E-state index in [1.165, 1.54) is 38.5 Å². The van der Waals surface area contributed by atoms with Gasteiger partial charge < -0.3 is 10.2 Å². The molecule has 4 heteroatoms. The summed E-state index contributed by atoms with van der Waals surface area (Å²) in [7, 11) is 0. The van der Waals surface area contributed by atoms with Crippen molar-refractivity contribution < 1.29 is 10.2 Å². The number of alkyl halides is 2. The largest absolute Gasteiger partial charge is 0.392 e. The highest BCUT2D eigenvalue weighted by atomic mass is 127. The summed E-state index contributed by atoms with van der Waals surface area (Å²) in [5, 5.41) is 18.3. The Morgan fingerprint density at radius 2 is 0.938 bits per heavy atom. The zero-order valence-corrected chi connectivity index (χ0v) is 13.9. The van der Waals surface area contributed by atoms with Gasteiger partial charge in [-0.2, -0.15) is 0 Å². The van der Waals surface area contributed by atoms with Crippen LogP contribution in [0.3, 0.4) is 0 Å². The summed E-state index contributed by atoms with van der Waals surface area (Å²) in [5.74, 6) is 0. The fourth-order valence-corrected chi connectivity index (χ4v) is 3.73. The van der Waals surface area contributed by atoms with Crippen molar-refractivity contribution >= 4 is 45.2 Å². The van der Waals surface area contributed by atoms with Gasteiger partial charge in [-0.05, 0) is 25.7 Å². The molecule has 0 heterocycles. The Morgan fingerprint density at radius 3 is 1.12 bits per heavy atom. The van der Waals surface area contributed by atoms with Crippen molar-refractivity contribution in [3.8, 4) is 0 Å². The van der Waals surface area contributed by atoms with Gasteiger partial charge in [-0.15, -0.1) is 0 Å². The molecular weight excluding hydrogens is 430 g/mol. The predicted molar refractivity (Wildman–Crippen MR) is 84.6 cm³/mol. The fraction of sp³-hybridized carbons (Fsp3) is 1.00. The van der Waals surface area contributed by atoms with Crippen molar-refractivity contribution in [3.05, 3.63) is 0 Å². The first-order valence-electron chi connectivity index (χ1n) is 6.25. The van der Waals surface area contributed by atoms with Crippen LogP contribution in [0, 0.1) is 0 Å². The van der Waals surface area contributed by atoms with Crippen LogP contribution in [0.2, 0.25) is 0 Å². The second-order valence-electron chi connectivity index (χ2n) is 4.74. The van der Waals surface area contributed by atoms with Crippen LogP contribution in [-0.4, -0.2) is 30.3 Å². The lowest BCUT2D eigenvalue weighted by Crippen LogP contribution is -2.23. The highest BCUT2D eigenvalue weighted by molar-refractivity contribution is 14.1.